The summed E-state index contributed by atoms with van der Waals surface area (Å²) in [5.41, 5.74) is 0. The van der Waals surface area contributed by atoms with Crippen LogP contribution in [0.4, 0.5) is 4.79 Å². The van der Waals surface area contributed by atoms with E-state index in [0.29, 0.717) is 5.92 Å². The average molecular weight is 256 g/mol. The van der Waals surface area contributed by atoms with Crippen molar-refractivity contribution < 1.29 is 19.4 Å². The maximum atomic E-state index is 10.7. The summed E-state index contributed by atoms with van der Waals surface area (Å²) in [7, 11) is 0. The van der Waals surface area contributed by atoms with E-state index in [1.165, 1.54) is 38.5 Å². The van der Waals surface area contributed by atoms with Crippen molar-refractivity contribution in [2.45, 2.75) is 70.0 Å². The van der Waals surface area contributed by atoms with Crippen molar-refractivity contribution in [3.8, 4) is 0 Å². The molecule has 1 N–H and O–H groups in total. The third kappa shape index (κ3) is 4.16. The van der Waals surface area contributed by atoms with E-state index in [1.54, 1.807) is 0 Å². The van der Waals surface area contributed by atoms with Gasteiger partial charge < -0.3 is 14.6 Å². The molecule has 4 nitrogen and oxygen atoms in total. The zero-order valence-corrected chi connectivity index (χ0v) is 11.0. The van der Waals surface area contributed by atoms with Gasteiger partial charge in [-0.25, -0.2) is 4.79 Å². The second kappa shape index (κ2) is 6.98. The first-order valence-corrected chi connectivity index (χ1v) is 7.27. The van der Waals surface area contributed by atoms with E-state index < -0.39 is 6.16 Å². The molecule has 0 amide bonds. The molecule has 2 fully saturated rings. The lowest BCUT2D eigenvalue weighted by Crippen LogP contribution is -2.28. The second-order valence-corrected chi connectivity index (χ2v) is 5.54. The molecular weight excluding hydrogens is 232 g/mol. The average Bonchev–Trinajstić information content (AvgIpc) is 2.70. The van der Waals surface area contributed by atoms with Crippen LogP contribution in [0.15, 0.2) is 0 Å². The maximum Gasteiger partial charge on any atom is 0.506 e. The Hall–Kier alpha value is -0.770. The van der Waals surface area contributed by atoms with Crippen LogP contribution in [-0.2, 0) is 9.47 Å². The molecule has 1 aliphatic heterocycles. The molecule has 0 aromatic heterocycles. The van der Waals surface area contributed by atoms with Crippen molar-refractivity contribution in [3.63, 3.8) is 0 Å². The summed E-state index contributed by atoms with van der Waals surface area (Å²) in [4.78, 5) is 10.7. The summed E-state index contributed by atoms with van der Waals surface area (Å²) in [6.45, 7) is 0.751. The minimum absolute atomic E-state index is 0.168. The molecule has 2 rings (SSSR count). The number of carboxylic acid groups (broad SMARTS) is 1. The van der Waals surface area contributed by atoms with Gasteiger partial charge in [-0.1, -0.05) is 25.7 Å². The number of rotatable bonds is 2. The smallest absolute Gasteiger partial charge is 0.450 e. The zero-order chi connectivity index (χ0) is 12.8. The molecular formula is C14H24O4. The zero-order valence-electron chi connectivity index (χ0n) is 11.0. The number of carbonyl (C=O) groups is 1. The molecule has 0 spiro atoms. The van der Waals surface area contributed by atoms with Crippen LogP contribution in [0.1, 0.15) is 57.8 Å². The highest BCUT2D eigenvalue weighted by Crippen LogP contribution is 2.31. The highest BCUT2D eigenvalue weighted by Gasteiger charge is 2.29. The normalized spacial score (nSPS) is 31.3. The summed E-state index contributed by atoms with van der Waals surface area (Å²) in [5.74, 6) is 0.602. The van der Waals surface area contributed by atoms with Crippen molar-refractivity contribution in [2.75, 3.05) is 6.61 Å². The number of hydrogen-bond acceptors (Lipinski definition) is 3. The van der Waals surface area contributed by atoms with Gasteiger partial charge in [0.2, 0.25) is 0 Å². The summed E-state index contributed by atoms with van der Waals surface area (Å²) in [5, 5.41) is 8.74. The maximum absolute atomic E-state index is 10.7. The first kappa shape index (κ1) is 13.7. The summed E-state index contributed by atoms with van der Waals surface area (Å²) in [6.07, 6.45) is 9.03. The summed E-state index contributed by atoms with van der Waals surface area (Å²) in [6, 6.07) is 0. The topological polar surface area (TPSA) is 55.8 Å². The third-order valence-corrected chi connectivity index (χ3v) is 4.19. The van der Waals surface area contributed by atoms with Gasteiger partial charge in [-0.15, -0.1) is 0 Å². The Balaban J connectivity index is 1.90. The van der Waals surface area contributed by atoms with Crippen LogP contribution in [0.5, 0.6) is 0 Å². The number of hydrogen-bond donors (Lipinski definition) is 1. The van der Waals surface area contributed by atoms with E-state index in [-0.39, 0.29) is 12.2 Å². The lowest BCUT2D eigenvalue weighted by atomic mass is 9.90. The van der Waals surface area contributed by atoms with Gasteiger partial charge in [-0.2, -0.15) is 0 Å². The Kier molecular flexibility index (Phi) is 5.29. The van der Waals surface area contributed by atoms with E-state index in [1.807, 2.05) is 0 Å². The molecule has 2 aliphatic rings. The standard InChI is InChI=1S/C14H24O4/c15-14(16)18-12-8-5-9-17-13(10-12)11-6-3-1-2-4-7-11/h11-13H,1-10H2,(H,15,16). The van der Waals surface area contributed by atoms with E-state index in [9.17, 15) is 4.79 Å². The molecule has 0 aromatic carbocycles. The van der Waals surface area contributed by atoms with Crippen LogP contribution in [0.25, 0.3) is 0 Å². The van der Waals surface area contributed by atoms with Gasteiger partial charge >= 0.3 is 6.16 Å². The Morgan fingerprint density at radius 1 is 1.06 bits per heavy atom. The molecule has 0 radical (unpaired) electrons. The molecule has 2 atom stereocenters. The van der Waals surface area contributed by atoms with Crippen molar-refractivity contribution in [1.82, 2.24) is 0 Å². The first-order chi connectivity index (χ1) is 8.75. The van der Waals surface area contributed by atoms with Gasteiger partial charge in [-0.3, -0.25) is 0 Å². The van der Waals surface area contributed by atoms with Gasteiger partial charge in [0, 0.05) is 13.0 Å². The van der Waals surface area contributed by atoms with Gasteiger partial charge in [0.1, 0.15) is 6.10 Å². The van der Waals surface area contributed by atoms with Crippen LogP contribution in [0.3, 0.4) is 0 Å². The van der Waals surface area contributed by atoms with E-state index >= 15 is 0 Å². The molecule has 2 unspecified atom stereocenters. The quantitative estimate of drug-likeness (QED) is 0.606. The van der Waals surface area contributed by atoms with Crippen molar-refractivity contribution in [2.24, 2.45) is 5.92 Å². The Morgan fingerprint density at radius 2 is 1.78 bits per heavy atom. The molecule has 1 heterocycles. The fourth-order valence-corrected chi connectivity index (χ4v) is 3.25. The lowest BCUT2D eigenvalue weighted by molar-refractivity contribution is -0.0131. The Morgan fingerprint density at radius 3 is 2.44 bits per heavy atom. The van der Waals surface area contributed by atoms with Gasteiger partial charge in [0.05, 0.1) is 6.10 Å². The lowest BCUT2D eigenvalue weighted by Gasteiger charge is -2.26. The van der Waals surface area contributed by atoms with Gasteiger partial charge in [0.25, 0.3) is 0 Å². The van der Waals surface area contributed by atoms with E-state index in [2.05, 4.69) is 0 Å². The predicted octanol–water partition coefficient (Wildman–Crippen LogP) is 3.59. The highest BCUT2D eigenvalue weighted by atomic mass is 16.7. The molecule has 0 bridgehead atoms. The summed E-state index contributed by atoms with van der Waals surface area (Å²) >= 11 is 0. The monoisotopic (exact) mass is 256 g/mol. The Bertz CT molecular complexity index is 259. The fourth-order valence-electron chi connectivity index (χ4n) is 3.25. The Labute approximate surface area is 109 Å². The molecule has 1 saturated carbocycles. The fraction of sp³-hybridized carbons (Fsp3) is 0.929. The minimum Gasteiger partial charge on any atom is -0.450 e. The van der Waals surface area contributed by atoms with Crippen LogP contribution in [0.2, 0.25) is 0 Å². The van der Waals surface area contributed by atoms with E-state index in [0.717, 1.165) is 25.9 Å². The molecule has 0 aromatic rings. The van der Waals surface area contributed by atoms with Crippen LogP contribution in [-0.4, -0.2) is 30.1 Å². The minimum atomic E-state index is -1.15. The number of ether oxygens (including phenoxy) is 2. The molecule has 18 heavy (non-hydrogen) atoms. The van der Waals surface area contributed by atoms with Crippen molar-refractivity contribution in [3.05, 3.63) is 0 Å². The highest BCUT2D eigenvalue weighted by molar-refractivity contribution is 5.57. The molecule has 4 heteroatoms. The van der Waals surface area contributed by atoms with Crippen molar-refractivity contribution >= 4 is 6.16 Å². The largest absolute Gasteiger partial charge is 0.506 e. The summed E-state index contributed by atoms with van der Waals surface area (Å²) < 4.78 is 10.9. The second-order valence-electron chi connectivity index (χ2n) is 5.54. The van der Waals surface area contributed by atoms with Crippen molar-refractivity contribution in [1.29, 1.82) is 0 Å². The van der Waals surface area contributed by atoms with Crippen LogP contribution >= 0.6 is 0 Å². The third-order valence-electron chi connectivity index (χ3n) is 4.19. The molecule has 1 saturated heterocycles. The van der Waals surface area contributed by atoms with Crippen LogP contribution in [0, 0.1) is 5.92 Å². The van der Waals surface area contributed by atoms with Gasteiger partial charge in [-0.05, 0) is 31.6 Å². The van der Waals surface area contributed by atoms with Gasteiger partial charge in [0.15, 0.2) is 0 Å². The van der Waals surface area contributed by atoms with E-state index in [4.69, 9.17) is 14.6 Å². The first-order valence-electron chi connectivity index (χ1n) is 7.27. The molecule has 1 aliphatic carbocycles. The SMILES string of the molecule is O=C(O)OC1CCCOC(C2CCCCCC2)C1. The van der Waals surface area contributed by atoms with Crippen LogP contribution < -0.4 is 0 Å². The predicted molar refractivity (Wildman–Crippen MR) is 67.7 cm³/mol. The molecule has 104 valence electrons.